The third-order valence-electron chi connectivity index (χ3n) is 2.90. The largest absolute Gasteiger partial charge is 0.469 e. The molecule has 102 valence electrons. The maximum Gasteiger partial charge on any atom is 0.310 e. The van der Waals surface area contributed by atoms with Crippen LogP contribution in [0.2, 0.25) is 0 Å². The van der Waals surface area contributed by atoms with Gasteiger partial charge in [0.25, 0.3) is 0 Å². The fourth-order valence-electron chi connectivity index (χ4n) is 1.89. The number of nitrogens with zero attached hydrogens (tertiary/aromatic N) is 1. The number of H-pyrrole nitrogens is 1. The molecular formula is C13H16N2O4. The van der Waals surface area contributed by atoms with E-state index in [0.717, 1.165) is 11.3 Å². The summed E-state index contributed by atoms with van der Waals surface area (Å²) in [5.41, 5.74) is 2.50. The average molecular weight is 264 g/mol. The molecule has 0 aromatic carbocycles. The molecule has 0 spiro atoms. The molecule has 1 aromatic heterocycles. The molecule has 6 nitrogen and oxygen atoms in total. The predicted molar refractivity (Wildman–Crippen MR) is 66.3 cm³/mol. The molecule has 1 heterocycles. The number of aromatic amines is 1. The van der Waals surface area contributed by atoms with Crippen molar-refractivity contribution in [1.29, 1.82) is 5.26 Å². The molecule has 6 heteroatoms. The smallest absolute Gasteiger partial charge is 0.310 e. The normalized spacial score (nSPS) is 9.79. The number of methoxy groups -OCH3 is 2. The summed E-state index contributed by atoms with van der Waals surface area (Å²) in [5.74, 6) is -0.752. The molecule has 0 radical (unpaired) electrons. The number of carbonyl (C=O) groups excluding carboxylic acids is 2. The second kappa shape index (κ2) is 6.59. The van der Waals surface area contributed by atoms with Gasteiger partial charge in [0.05, 0.1) is 20.6 Å². The SMILES string of the molecule is COC(=O)CCc1c(C)[nH]c(C#N)c1CC(=O)OC. The van der Waals surface area contributed by atoms with Gasteiger partial charge >= 0.3 is 11.9 Å². The molecule has 0 unspecified atom stereocenters. The molecule has 0 aliphatic rings. The Morgan fingerprint density at radius 2 is 1.84 bits per heavy atom. The predicted octanol–water partition coefficient (Wildman–Crippen LogP) is 1.02. The van der Waals surface area contributed by atoms with E-state index in [1.54, 1.807) is 6.92 Å². The molecular weight excluding hydrogens is 248 g/mol. The molecule has 1 aromatic rings. The number of hydrogen-bond acceptors (Lipinski definition) is 5. The van der Waals surface area contributed by atoms with Gasteiger partial charge < -0.3 is 14.5 Å². The molecule has 0 aliphatic carbocycles. The minimum absolute atomic E-state index is 0.0141. The summed E-state index contributed by atoms with van der Waals surface area (Å²) in [6.45, 7) is 1.80. The minimum Gasteiger partial charge on any atom is -0.469 e. The van der Waals surface area contributed by atoms with Crippen LogP contribution in [0.4, 0.5) is 0 Å². The maximum absolute atomic E-state index is 11.4. The van der Waals surface area contributed by atoms with Gasteiger partial charge in [-0.1, -0.05) is 0 Å². The molecule has 1 N–H and O–H groups in total. The number of nitrogens with one attached hydrogen (secondary N) is 1. The number of rotatable bonds is 5. The van der Waals surface area contributed by atoms with E-state index in [1.807, 2.05) is 6.07 Å². The van der Waals surface area contributed by atoms with Crippen LogP contribution in [0, 0.1) is 18.3 Å². The van der Waals surface area contributed by atoms with Crippen molar-refractivity contribution in [2.45, 2.75) is 26.2 Å². The second-order valence-electron chi connectivity index (χ2n) is 4.02. The average Bonchev–Trinajstić information content (AvgIpc) is 2.71. The van der Waals surface area contributed by atoms with E-state index in [4.69, 9.17) is 5.26 Å². The number of hydrogen-bond donors (Lipinski definition) is 1. The van der Waals surface area contributed by atoms with Gasteiger partial charge in [-0.2, -0.15) is 5.26 Å². The first kappa shape index (κ1) is 14.8. The van der Waals surface area contributed by atoms with E-state index in [1.165, 1.54) is 14.2 Å². The topological polar surface area (TPSA) is 92.2 Å². The number of aromatic nitrogens is 1. The van der Waals surface area contributed by atoms with E-state index < -0.39 is 5.97 Å². The molecule has 0 atom stereocenters. The highest BCUT2D eigenvalue weighted by atomic mass is 16.5. The minimum atomic E-state index is -0.421. The van der Waals surface area contributed by atoms with Gasteiger partial charge in [0.15, 0.2) is 0 Å². The quantitative estimate of drug-likeness (QED) is 0.801. The van der Waals surface area contributed by atoms with Crippen LogP contribution in [0.3, 0.4) is 0 Å². The maximum atomic E-state index is 11.4. The zero-order valence-corrected chi connectivity index (χ0v) is 11.2. The van der Waals surface area contributed by atoms with Gasteiger partial charge in [0.1, 0.15) is 11.8 Å². The van der Waals surface area contributed by atoms with Crippen LogP contribution >= 0.6 is 0 Å². The van der Waals surface area contributed by atoms with Gasteiger partial charge in [-0.15, -0.1) is 0 Å². The second-order valence-corrected chi connectivity index (χ2v) is 4.02. The first-order valence-corrected chi connectivity index (χ1v) is 5.77. The van der Waals surface area contributed by atoms with E-state index in [2.05, 4.69) is 14.5 Å². The van der Waals surface area contributed by atoms with Gasteiger partial charge in [0.2, 0.25) is 0 Å². The first-order valence-electron chi connectivity index (χ1n) is 5.77. The molecule has 0 bridgehead atoms. The summed E-state index contributed by atoms with van der Waals surface area (Å²) < 4.78 is 9.19. The zero-order chi connectivity index (χ0) is 14.4. The molecule has 19 heavy (non-hydrogen) atoms. The van der Waals surface area contributed by atoms with Crippen LogP contribution in [0.5, 0.6) is 0 Å². The number of aryl methyl sites for hydroxylation is 1. The Bertz CT molecular complexity index is 525. The Morgan fingerprint density at radius 3 is 2.37 bits per heavy atom. The van der Waals surface area contributed by atoms with E-state index >= 15 is 0 Å². The molecule has 0 saturated carbocycles. The van der Waals surface area contributed by atoms with Crippen molar-refractivity contribution in [1.82, 2.24) is 4.98 Å². The lowest BCUT2D eigenvalue weighted by molar-refractivity contribution is -0.140. The van der Waals surface area contributed by atoms with Crippen molar-refractivity contribution in [2.24, 2.45) is 0 Å². The number of nitriles is 1. The summed E-state index contributed by atoms with van der Waals surface area (Å²) >= 11 is 0. The highest BCUT2D eigenvalue weighted by Gasteiger charge is 2.18. The van der Waals surface area contributed by atoms with Gasteiger partial charge in [-0.3, -0.25) is 9.59 Å². The van der Waals surface area contributed by atoms with Crippen molar-refractivity contribution in [3.8, 4) is 6.07 Å². The summed E-state index contributed by atoms with van der Waals surface area (Å²) in [5, 5.41) is 9.04. The van der Waals surface area contributed by atoms with Gasteiger partial charge in [-0.05, 0) is 18.9 Å². The third kappa shape index (κ3) is 3.58. The Balaban J connectivity index is 3.01. The highest BCUT2D eigenvalue weighted by Crippen LogP contribution is 2.21. The molecule has 0 fully saturated rings. The summed E-state index contributed by atoms with van der Waals surface area (Å²) in [7, 11) is 2.62. The summed E-state index contributed by atoms with van der Waals surface area (Å²) in [6.07, 6.45) is 0.636. The summed E-state index contributed by atoms with van der Waals surface area (Å²) in [6, 6.07) is 2.01. The van der Waals surface area contributed by atoms with Crippen LogP contribution in [0.1, 0.15) is 28.9 Å². The van der Waals surface area contributed by atoms with E-state index in [0.29, 0.717) is 17.7 Å². The highest BCUT2D eigenvalue weighted by molar-refractivity contribution is 5.74. The molecule has 0 aliphatic heterocycles. The Kier molecular flexibility index (Phi) is 5.12. The molecule has 1 rings (SSSR count). The van der Waals surface area contributed by atoms with Gasteiger partial charge in [-0.25, -0.2) is 0 Å². The lowest BCUT2D eigenvalue weighted by Gasteiger charge is -2.04. The lowest BCUT2D eigenvalue weighted by Crippen LogP contribution is -2.08. The third-order valence-corrected chi connectivity index (χ3v) is 2.90. The van der Waals surface area contributed by atoms with Crippen molar-refractivity contribution in [3.05, 3.63) is 22.5 Å². The molecule has 0 saturated heterocycles. The van der Waals surface area contributed by atoms with Crippen LogP contribution in [0.15, 0.2) is 0 Å². The summed E-state index contributed by atoms with van der Waals surface area (Å²) in [4.78, 5) is 25.5. The Morgan fingerprint density at radius 1 is 1.21 bits per heavy atom. The van der Waals surface area contributed by atoms with Crippen molar-refractivity contribution >= 4 is 11.9 Å². The van der Waals surface area contributed by atoms with Crippen LogP contribution in [-0.4, -0.2) is 31.1 Å². The lowest BCUT2D eigenvalue weighted by atomic mass is 10.0. The fourth-order valence-corrected chi connectivity index (χ4v) is 1.89. The number of ether oxygens (including phenoxy) is 2. The standard InChI is InChI=1S/C13H16N2O4/c1-8-9(4-5-12(16)18-2)10(6-13(17)19-3)11(7-14)15-8/h15H,4-6H2,1-3H3. The molecule has 0 amide bonds. The zero-order valence-electron chi connectivity index (χ0n) is 11.2. The first-order chi connectivity index (χ1) is 9.03. The van der Waals surface area contributed by atoms with E-state index in [-0.39, 0.29) is 18.8 Å². The van der Waals surface area contributed by atoms with Crippen LogP contribution < -0.4 is 0 Å². The Hall–Kier alpha value is -2.29. The van der Waals surface area contributed by atoms with Gasteiger partial charge in [0, 0.05) is 17.7 Å². The fraction of sp³-hybridized carbons (Fsp3) is 0.462. The monoisotopic (exact) mass is 264 g/mol. The van der Waals surface area contributed by atoms with E-state index in [9.17, 15) is 9.59 Å². The van der Waals surface area contributed by atoms with Crippen molar-refractivity contribution < 1.29 is 19.1 Å². The number of carbonyl (C=O) groups is 2. The Labute approximate surface area is 111 Å². The van der Waals surface area contributed by atoms with Crippen LogP contribution in [-0.2, 0) is 31.9 Å². The number of esters is 2. The van der Waals surface area contributed by atoms with Crippen LogP contribution in [0.25, 0.3) is 0 Å². The van der Waals surface area contributed by atoms with Crippen molar-refractivity contribution in [2.75, 3.05) is 14.2 Å². The van der Waals surface area contributed by atoms with Crippen molar-refractivity contribution in [3.63, 3.8) is 0 Å².